The highest BCUT2D eigenvalue weighted by Crippen LogP contribution is 2.35. The maximum atomic E-state index is 13.3. The van der Waals surface area contributed by atoms with Crippen molar-refractivity contribution in [2.75, 3.05) is 6.61 Å². The van der Waals surface area contributed by atoms with E-state index in [0.29, 0.717) is 24.2 Å². The van der Waals surface area contributed by atoms with Gasteiger partial charge in [-0.2, -0.15) is 13.2 Å². The van der Waals surface area contributed by atoms with E-state index in [4.69, 9.17) is 14.6 Å². The Labute approximate surface area is 209 Å². The summed E-state index contributed by atoms with van der Waals surface area (Å²) in [4.78, 5) is 14.3. The normalized spacial score (nSPS) is 11.6. The smallest absolute Gasteiger partial charge is 0.433 e. The fourth-order valence-electron chi connectivity index (χ4n) is 3.80. The van der Waals surface area contributed by atoms with E-state index in [9.17, 15) is 18.0 Å². The maximum absolute atomic E-state index is 13.3. The van der Waals surface area contributed by atoms with Crippen LogP contribution in [0, 0.1) is 0 Å². The van der Waals surface area contributed by atoms with Crippen molar-refractivity contribution in [2.24, 2.45) is 0 Å². The van der Waals surface area contributed by atoms with Gasteiger partial charge in [0.05, 0.1) is 12.1 Å². The van der Waals surface area contributed by atoms with Gasteiger partial charge in [-0.1, -0.05) is 44.4 Å². The first-order chi connectivity index (χ1) is 17.3. The average molecular weight is 504 g/mol. The zero-order chi connectivity index (χ0) is 26.0. The van der Waals surface area contributed by atoms with Crippen LogP contribution in [0.1, 0.15) is 68.7 Å². The van der Waals surface area contributed by atoms with Gasteiger partial charge in [-0.25, -0.2) is 4.98 Å². The molecule has 3 aromatic rings. The number of aliphatic carboxylic acids is 1. The molecule has 0 radical (unpaired) electrons. The van der Waals surface area contributed by atoms with E-state index >= 15 is 0 Å². The molecule has 0 aliphatic heterocycles. The van der Waals surface area contributed by atoms with Crippen LogP contribution in [0.25, 0.3) is 10.9 Å². The zero-order valence-electron chi connectivity index (χ0n) is 20.4. The summed E-state index contributed by atoms with van der Waals surface area (Å²) in [5.41, 5.74) is 1.25. The molecule has 0 bridgehead atoms. The first-order valence-electron chi connectivity index (χ1n) is 12.3. The predicted molar refractivity (Wildman–Crippen MR) is 132 cm³/mol. The van der Waals surface area contributed by atoms with E-state index in [1.165, 1.54) is 5.56 Å². The number of halogens is 3. The van der Waals surface area contributed by atoms with Crippen molar-refractivity contribution >= 4 is 16.9 Å². The topological polar surface area (TPSA) is 68.7 Å². The Bertz CT molecular complexity index is 1130. The van der Waals surface area contributed by atoms with Gasteiger partial charge in [-0.05, 0) is 61.1 Å². The number of hydrogen-bond acceptors (Lipinski definition) is 4. The lowest BCUT2D eigenvalue weighted by Gasteiger charge is -2.14. The number of aromatic nitrogens is 1. The third-order valence-electron chi connectivity index (χ3n) is 5.82. The summed E-state index contributed by atoms with van der Waals surface area (Å²) in [6.07, 6.45) is 1.84. The molecule has 1 heterocycles. The first-order valence-corrected chi connectivity index (χ1v) is 12.3. The van der Waals surface area contributed by atoms with Crippen LogP contribution in [0.15, 0.2) is 48.5 Å². The van der Waals surface area contributed by atoms with Gasteiger partial charge >= 0.3 is 12.1 Å². The number of unbranched alkanes of at least 4 members (excludes halogenated alkanes) is 4. The summed E-state index contributed by atoms with van der Waals surface area (Å²) in [5, 5.41) is 9.19. The molecule has 8 heteroatoms. The van der Waals surface area contributed by atoms with E-state index in [1.54, 1.807) is 18.2 Å². The molecule has 2 aromatic carbocycles. The van der Waals surface area contributed by atoms with Crippen molar-refractivity contribution in [3.05, 3.63) is 65.4 Å². The van der Waals surface area contributed by atoms with Gasteiger partial charge in [0, 0.05) is 17.9 Å². The van der Waals surface area contributed by atoms with Crippen molar-refractivity contribution in [2.45, 2.75) is 71.1 Å². The number of rotatable bonds is 14. The molecule has 3 rings (SSSR count). The van der Waals surface area contributed by atoms with Gasteiger partial charge < -0.3 is 14.6 Å². The van der Waals surface area contributed by atoms with E-state index in [2.05, 4.69) is 4.98 Å². The lowest BCUT2D eigenvalue weighted by molar-refractivity contribution is -0.141. The Hall–Kier alpha value is -3.29. The van der Waals surface area contributed by atoms with Gasteiger partial charge in [0.1, 0.15) is 23.8 Å². The van der Waals surface area contributed by atoms with Crippen LogP contribution < -0.4 is 9.47 Å². The first kappa shape index (κ1) is 27.3. The minimum absolute atomic E-state index is 0.176. The molecular formula is C28H32F3NO4. The van der Waals surface area contributed by atoms with Crippen molar-refractivity contribution in [1.29, 1.82) is 0 Å². The van der Waals surface area contributed by atoms with E-state index in [0.717, 1.165) is 50.2 Å². The van der Waals surface area contributed by atoms with Gasteiger partial charge in [0.2, 0.25) is 0 Å². The van der Waals surface area contributed by atoms with Gasteiger partial charge in [-0.15, -0.1) is 0 Å². The van der Waals surface area contributed by atoms with Crippen LogP contribution in [0.5, 0.6) is 11.5 Å². The number of hydrogen-bond donors (Lipinski definition) is 1. The molecule has 0 aliphatic rings. The summed E-state index contributed by atoms with van der Waals surface area (Å²) in [6, 6.07) is 13.8. The third-order valence-corrected chi connectivity index (χ3v) is 5.82. The second-order valence-corrected chi connectivity index (χ2v) is 8.80. The summed E-state index contributed by atoms with van der Waals surface area (Å²) in [6.45, 7) is 2.58. The van der Waals surface area contributed by atoms with Crippen LogP contribution in [-0.4, -0.2) is 22.7 Å². The fraction of sp³-hybridized carbons (Fsp3) is 0.429. The van der Waals surface area contributed by atoms with Crippen molar-refractivity contribution in [3.8, 4) is 11.5 Å². The Morgan fingerprint density at radius 3 is 2.33 bits per heavy atom. The Balaban J connectivity index is 1.60. The van der Waals surface area contributed by atoms with E-state index in [1.807, 2.05) is 31.2 Å². The minimum Gasteiger partial charge on any atom is -0.493 e. The van der Waals surface area contributed by atoms with E-state index < -0.39 is 17.8 Å². The number of benzene rings is 2. The SMILES string of the molecule is CCCCOc1cc(C(F)(F)F)nc2ccc(COc3ccc(CCCCCCC(=O)O)cc3)cc12. The molecule has 0 fully saturated rings. The molecule has 1 aromatic heterocycles. The van der Waals surface area contributed by atoms with Crippen LogP contribution in [0.4, 0.5) is 13.2 Å². The van der Waals surface area contributed by atoms with Crippen molar-refractivity contribution < 1.29 is 32.5 Å². The monoisotopic (exact) mass is 503 g/mol. The molecule has 36 heavy (non-hydrogen) atoms. The number of pyridine rings is 1. The largest absolute Gasteiger partial charge is 0.493 e. The quantitative estimate of drug-likeness (QED) is 0.230. The highest BCUT2D eigenvalue weighted by Gasteiger charge is 2.33. The van der Waals surface area contributed by atoms with Crippen LogP contribution >= 0.6 is 0 Å². The summed E-state index contributed by atoms with van der Waals surface area (Å²) in [7, 11) is 0. The lowest BCUT2D eigenvalue weighted by Crippen LogP contribution is -2.09. The summed E-state index contributed by atoms with van der Waals surface area (Å²) < 4.78 is 51.4. The second kappa shape index (κ2) is 13.1. The molecule has 1 N–H and O–H groups in total. The highest BCUT2D eigenvalue weighted by molar-refractivity contribution is 5.86. The second-order valence-electron chi connectivity index (χ2n) is 8.80. The molecule has 0 saturated carbocycles. The number of carboxylic acid groups (broad SMARTS) is 1. The molecule has 0 saturated heterocycles. The maximum Gasteiger partial charge on any atom is 0.433 e. The molecule has 0 unspecified atom stereocenters. The number of alkyl halides is 3. The molecule has 0 atom stereocenters. The number of ether oxygens (including phenoxy) is 2. The Kier molecular flexibility index (Phi) is 9.96. The highest BCUT2D eigenvalue weighted by atomic mass is 19.4. The molecule has 0 amide bonds. The van der Waals surface area contributed by atoms with Crippen molar-refractivity contribution in [1.82, 2.24) is 4.98 Å². The fourth-order valence-corrected chi connectivity index (χ4v) is 3.80. The Morgan fingerprint density at radius 2 is 1.64 bits per heavy atom. The third kappa shape index (κ3) is 8.43. The molecule has 194 valence electrons. The molecule has 0 aliphatic carbocycles. The standard InChI is InChI=1S/C28H32F3NO4/c1-2-3-16-35-25-18-26(28(29,30)31)32-24-15-12-21(17-23(24)25)19-36-22-13-10-20(11-14-22)8-6-4-5-7-9-27(33)34/h10-15,17-18H,2-9,16,19H2,1H3,(H,33,34). The minimum atomic E-state index is -4.55. The molecule has 0 spiro atoms. The van der Waals surface area contributed by atoms with Crippen LogP contribution in [-0.2, 0) is 24.0 Å². The van der Waals surface area contributed by atoms with Gasteiger partial charge in [-0.3, -0.25) is 4.79 Å². The number of fused-ring (bicyclic) bond motifs is 1. The number of nitrogens with zero attached hydrogens (tertiary/aromatic N) is 1. The molecular weight excluding hydrogens is 471 g/mol. The zero-order valence-corrected chi connectivity index (χ0v) is 20.4. The number of carbonyl (C=O) groups is 1. The summed E-state index contributed by atoms with van der Waals surface area (Å²) >= 11 is 0. The number of aryl methyl sites for hydroxylation is 1. The van der Waals surface area contributed by atoms with Crippen LogP contribution in [0.2, 0.25) is 0 Å². The Morgan fingerprint density at radius 1 is 0.917 bits per heavy atom. The van der Waals surface area contributed by atoms with Gasteiger partial charge in [0.15, 0.2) is 0 Å². The average Bonchev–Trinajstić information content (AvgIpc) is 2.85. The predicted octanol–water partition coefficient (Wildman–Crippen LogP) is 7.59. The summed E-state index contributed by atoms with van der Waals surface area (Å²) in [5.74, 6) is 0.127. The number of carboxylic acids is 1. The van der Waals surface area contributed by atoms with E-state index in [-0.39, 0.29) is 24.3 Å². The van der Waals surface area contributed by atoms with Crippen LogP contribution in [0.3, 0.4) is 0 Å². The van der Waals surface area contributed by atoms with Crippen molar-refractivity contribution in [3.63, 3.8) is 0 Å². The molecule has 5 nitrogen and oxygen atoms in total. The van der Waals surface area contributed by atoms with Gasteiger partial charge in [0.25, 0.3) is 0 Å². The lowest BCUT2D eigenvalue weighted by atomic mass is 10.1.